The molecule has 2 N–H and O–H groups in total. The van der Waals surface area contributed by atoms with Crippen molar-refractivity contribution in [2.24, 2.45) is 0 Å². The lowest BCUT2D eigenvalue weighted by molar-refractivity contribution is 0.0956. The van der Waals surface area contributed by atoms with Crippen LogP contribution in [0.25, 0.3) is 0 Å². The molecule has 2 heterocycles. The van der Waals surface area contributed by atoms with Gasteiger partial charge in [-0.1, -0.05) is 36.8 Å². The molecule has 2 atom stereocenters. The normalized spacial score (nSPS) is 18.6. The number of hydrogen-bond donors (Lipinski definition) is 2. The first kappa shape index (κ1) is 33.0. The van der Waals surface area contributed by atoms with Gasteiger partial charge in [-0.25, -0.2) is 4.39 Å². The topological polar surface area (TPSA) is 76.7 Å². The maximum atomic E-state index is 12.9. The average molecular weight is 623 g/mol. The highest BCUT2D eigenvalue weighted by molar-refractivity contribution is 5.99. The van der Waals surface area contributed by atoms with Crippen molar-refractivity contribution in [3.63, 3.8) is 0 Å². The Bertz CT molecular complexity index is 1570. The molecule has 2 unspecified atom stereocenters. The molecule has 0 aromatic heterocycles. The molecule has 2 aliphatic rings. The van der Waals surface area contributed by atoms with E-state index < -0.39 is 0 Å². The summed E-state index contributed by atoms with van der Waals surface area (Å²) in [4.78, 5) is 25.0. The summed E-state index contributed by atoms with van der Waals surface area (Å²) in [6.07, 6.45) is 6.66. The van der Waals surface area contributed by atoms with Gasteiger partial charge >= 0.3 is 0 Å². The van der Waals surface area contributed by atoms with Crippen LogP contribution in [0.2, 0.25) is 0 Å². The van der Waals surface area contributed by atoms with Gasteiger partial charge in [-0.2, -0.15) is 0 Å². The SMILES string of the molecule is CC1(C)CCC(CC(=O)c2ccc(Oc3ccc(F)cc3)cc2)N1.O=C(CC1CCCCN1)c1ccccc1Oc1ccccc1. The van der Waals surface area contributed by atoms with E-state index in [1.807, 2.05) is 54.6 Å². The largest absolute Gasteiger partial charge is 0.457 e. The van der Waals surface area contributed by atoms with E-state index in [4.69, 9.17) is 9.47 Å². The molecule has 0 radical (unpaired) electrons. The maximum Gasteiger partial charge on any atom is 0.168 e. The molecule has 4 aromatic carbocycles. The van der Waals surface area contributed by atoms with Crippen LogP contribution in [-0.2, 0) is 0 Å². The number of hydrogen-bond acceptors (Lipinski definition) is 6. The van der Waals surface area contributed by atoms with E-state index in [1.165, 1.54) is 25.0 Å². The second kappa shape index (κ2) is 15.8. The van der Waals surface area contributed by atoms with E-state index in [0.717, 1.165) is 31.6 Å². The molecule has 0 aliphatic carbocycles. The van der Waals surface area contributed by atoms with Crippen molar-refractivity contribution in [1.29, 1.82) is 0 Å². The third-order valence-electron chi connectivity index (χ3n) is 8.37. The Kier molecular flexibility index (Phi) is 11.3. The lowest BCUT2D eigenvalue weighted by Crippen LogP contribution is -2.38. The summed E-state index contributed by atoms with van der Waals surface area (Å²) in [6.45, 7) is 5.35. The highest BCUT2D eigenvalue weighted by atomic mass is 19.1. The van der Waals surface area contributed by atoms with Crippen LogP contribution >= 0.6 is 0 Å². The van der Waals surface area contributed by atoms with Gasteiger partial charge in [-0.05, 0) is 119 Å². The maximum absolute atomic E-state index is 12.9. The number of carbonyl (C=O) groups is 2. The number of piperidine rings is 1. The number of halogens is 1. The van der Waals surface area contributed by atoms with Crippen LogP contribution in [0.5, 0.6) is 23.0 Å². The van der Waals surface area contributed by atoms with Gasteiger partial charge in [0.25, 0.3) is 0 Å². The summed E-state index contributed by atoms with van der Waals surface area (Å²) >= 11 is 0. The lowest BCUT2D eigenvalue weighted by Gasteiger charge is -2.23. The van der Waals surface area contributed by atoms with Crippen molar-refractivity contribution in [2.75, 3.05) is 6.54 Å². The van der Waals surface area contributed by atoms with E-state index in [9.17, 15) is 14.0 Å². The minimum Gasteiger partial charge on any atom is -0.457 e. The molecule has 0 amide bonds. The molecule has 2 aliphatic heterocycles. The standard InChI is InChI=1S/C20H22FNO2.C19H21NO2/c1-20(2)12-11-16(22-20)13-19(23)14-3-7-17(8-4-14)24-18-9-5-15(21)6-10-18;21-18(14-15-8-6-7-13-20-15)17-11-4-5-12-19(17)22-16-9-2-1-3-10-16/h3-10,16,22H,11-13H2,1-2H3;1-5,9-12,15,20H,6-8,13-14H2. The molecule has 2 fully saturated rings. The number of rotatable bonds is 10. The molecule has 0 saturated carbocycles. The molecule has 6 nitrogen and oxygen atoms in total. The zero-order valence-electron chi connectivity index (χ0n) is 26.6. The predicted molar refractivity (Wildman–Crippen MR) is 180 cm³/mol. The first-order chi connectivity index (χ1) is 22.2. The van der Waals surface area contributed by atoms with Gasteiger partial charge < -0.3 is 20.1 Å². The molecule has 46 heavy (non-hydrogen) atoms. The Hall–Kier alpha value is -4.33. The minimum absolute atomic E-state index is 0.123. The second-order valence-electron chi connectivity index (χ2n) is 12.7. The highest BCUT2D eigenvalue weighted by Gasteiger charge is 2.31. The predicted octanol–water partition coefficient (Wildman–Crippen LogP) is 8.92. The Morgan fingerprint density at radius 1 is 0.717 bits per heavy atom. The number of carbonyl (C=O) groups excluding carboxylic acids is 2. The van der Waals surface area contributed by atoms with E-state index in [2.05, 4.69) is 24.5 Å². The van der Waals surface area contributed by atoms with Crippen molar-refractivity contribution in [3.05, 3.63) is 120 Å². The highest BCUT2D eigenvalue weighted by Crippen LogP contribution is 2.28. The number of ketones is 2. The number of nitrogens with one attached hydrogen (secondary N) is 2. The van der Waals surface area contributed by atoms with E-state index in [1.54, 1.807) is 36.4 Å². The summed E-state index contributed by atoms with van der Waals surface area (Å²) < 4.78 is 24.4. The molecule has 0 spiro atoms. The van der Waals surface area contributed by atoms with Crippen LogP contribution in [0.3, 0.4) is 0 Å². The number of Topliss-reactive ketones (excluding diaryl/α,β-unsaturated/α-hetero) is 2. The van der Waals surface area contributed by atoms with Crippen molar-refractivity contribution in [1.82, 2.24) is 10.6 Å². The smallest absolute Gasteiger partial charge is 0.168 e. The van der Waals surface area contributed by atoms with Crippen LogP contribution in [-0.4, -0.2) is 35.7 Å². The fourth-order valence-electron chi connectivity index (χ4n) is 5.91. The van der Waals surface area contributed by atoms with Crippen molar-refractivity contribution in [2.45, 2.75) is 76.4 Å². The zero-order valence-corrected chi connectivity index (χ0v) is 26.6. The van der Waals surface area contributed by atoms with Gasteiger partial charge in [-0.15, -0.1) is 0 Å². The zero-order chi connectivity index (χ0) is 32.4. The van der Waals surface area contributed by atoms with Gasteiger partial charge in [0.2, 0.25) is 0 Å². The first-order valence-corrected chi connectivity index (χ1v) is 16.2. The summed E-state index contributed by atoms with van der Waals surface area (Å²) in [5.74, 6) is 2.55. The first-order valence-electron chi connectivity index (χ1n) is 16.2. The molecular formula is C39H43FN2O4. The Labute approximate surface area is 271 Å². The van der Waals surface area contributed by atoms with E-state index >= 15 is 0 Å². The molecule has 0 bridgehead atoms. The number of para-hydroxylation sites is 2. The van der Waals surface area contributed by atoms with Crippen LogP contribution in [0.15, 0.2) is 103 Å². The fraction of sp³-hybridized carbons (Fsp3) is 0.333. The molecular weight excluding hydrogens is 579 g/mol. The van der Waals surface area contributed by atoms with Gasteiger partial charge in [-0.3, -0.25) is 9.59 Å². The third-order valence-corrected chi connectivity index (χ3v) is 8.37. The summed E-state index contributed by atoms with van der Waals surface area (Å²) in [6, 6.07) is 30.5. The van der Waals surface area contributed by atoms with Gasteiger partial charge in [0.05, 0.1) is 5.56 Å². The van der Waals surface area contributed by atoms with Crippen LogP contribution in [0.1, 0.15) is 79.5 Å². The monoisotopic (exact) mass is 622 g/mol. The molecule has 4 aromatic rings. The minimum atomic E-state index is -0.299. The Morgan fingerprint density at radius 3 is 2.00 bits per heavy atom. The van der Waals surface area contributed by atoms with Gasteiger partial charge in [0.1, 0.15) is 28.8 Å². The van der Waals surface area contributed by atoms with E-state index in [-0.39, 0.29) is 29.0 Å². The van der Waals surface area contributed by atoms with Gasteiger partial charge in [0.15, 0.2) is 11.6 Å². The lowest BCUT2D eigenvalue weighted by atomic mass is 9.96. The van der Waals surface area contributed by atoms with Crippen LogP contribution in [0.4, 0.5) is 4.39 Å². The molecule has 7 heteroatoms. The Morgan fingerprint density at radius 2 is 1.35 bits per heavy atom. The summed E-state index contributed by atoms with van der Waals surface area (Å²) in [5.41, 5.74) is 1.48. The molecule has 240 valence electrons. The molecule has 6 rings (SSSR count). The van der Waals surface area contributed by atoms with Crippen molar-refractivity contribution in [3.8, 4) is 23.0 Å². The summed E-state index contributed by atoms with van der Waals surface area (Å²) in [5, 5.41) is 6.93. The number of ether oxygens (including phenoxy) is 2. The van der Waals surface area contributed by atoms with Crippen LogP contribution in [0, 0.1) is 5.82 Å². The van der Waals surface area contributed by atoms with Crippen molar-refractivity contribution < 1.29 is 23.5 Å². The second-order valence-corrected chi connectivity index (χ2v) is 12.7. The fourth-order valence-corrected chi connectivity index (χ4v) is 5.91. The van der Waals surface area contributed by atoms with Gasteiger partial charge in [0, 0.05) is 36.0 Å². The average Bonchev–Trinajstić information content (AvgIpc) is 3.41. The third kappa shape index (κ3) is 9.83. The Balaban J connectivity index is 0.000000182. The number of benzene rings is 4. The van der Waals surface area contributed by atoms with Crippen molar-refractivity contribution >= 4 is 11.6 Å². The summed E-state index contributed by atoms with van der Waals surface area (Å²) in [7, 11) is 0. The quantitative estimate of drug-likeness (QED) is 0.172. The molecule has 2 saturated heterocycles. The van der Waals surface area contributed by atoms with Crippen LogP contribution < -0.4 is 20.1 Å². The van der Waals surface area contributed by atoms with E-state index in [0.29, 0.717) is 47.3 Å².